The van der Waals surface area contributed by atoms with Crippen LogP contribution in [0.15, 0.2) is 30.3 Å². The minimum atomic E-state index is -0.0288. The second-order valence-electron chi connectivity index (χ2n) is 13.3. The molecule has 0 radical (unpaired) electrons. The second-order valence-corrected chi connectivity index (χ2v) is 13.3. The van der Waals surface area contributed by atoms with Gasteiger partial charge in [-0.25, -0.2) is 0 Å². The lowest BCUT2D eigenvalue weighted by Gasteiger charge is -2.39. The van der Waals surface area contributed by atoms with Crippen molar-refractivity contribution in [3.8, 4) is 17.2 Å². The van der Waals surface area contributed by atoms with Crippen LogP contribution in [0.25, 0.3) is 0 Å². The number of rotatable bonds is 22. The average molecular weight is 685 g/mol. The number of aromatic hydroxyl groups is 2. The minimum Gasteiger partial charge on any atom is -0.508 e. The van der Waals surface area contributed by atoms with Crippen LogP contribution in [-0.4, -0.2) is 112 Å². The number of unbranched alkanes of at least 4 members (excludes halogenated alkanes) is 1. The normalized spacial score (nSPS) is 14.9. The number of aldehydes is 2. The molecule has 0 saturated carbocycles. The fraction of sp³-hybridized carbons (Fsp3) is 0.641. The number of anilines is 1. The number of nitrogens with one attached hydrogen (secondary N) is 2. The Morgan fingerprint density at radius 1 is 1.02 bits per heavy atom. The average Bonchev–Trinajstić information content (AvgIpc) is 3.11. The van der Waals surface area contributed by atoms with Crippen LogP contribution in [0.5, 0.6) is 17.2 Å². The third kappa shape index (κ3) is 14.3. The van der Waals surface area contributed by atoms with Crippen molar-refractivity contribution in [2.45, 2.75) is 90.5 Å². The number of nitrogens with zero attached hydrogens (tertiary/aromatic N) is 2. The van der Waals surface area contributed by atoms with Gasteiger partial charge in [0.1, 0.15) is 35.8 Å². The highest BCUT2D eigenvalue weighted by atomic mass is 16.5. The Morgan fingerprint density at radius 3 is 2.41 bits per heavy atom. The highest BCUT2D eigenvalue weighted by Crippen LogP contribution is 2.40. The molecule has 1 fully saturated rings. The molecule has 1 aliphatic rings. The molecule has 1 heterocycles. The Bertz CT molecular complexity index is 1230. The summed E-state index contributed by atoms with van der Waals surface area (Å²) >= 11 is 0. The van der Waals surface area contributed by atoms with E-state index in [-0.39, 0.29) is 17.8 Å². The van der Waals surface area contributed by atoms with Crippen molar-refractivity contribution in [1.82, 2.24) is 15.1 Å². The predicted octanol–water partition coefficient (Wildman–Crippen LogP) is 5.57. The minimum absolute atomic E-state index is 0.0288. The maximum absolute atomic E-state index is 10.6. The number of likely N-dealkylation sites (tertiary alicyclic amines) is 1. The van der Waals surface area contributed by atoms with E-state index in [1.807, 2.05) is 18.2 Å². The molecule has 276 valence electrons. The van der Waals surface area contributed by atoms with Gasteiger partial charge in [-0.15, -0.1) is 0 Å². The molecule has 49 heavy (non-hydrogen) atoms. The molecule has 1 atom stereocenters. The van der Waals surface area contributed by atoms with Gasteiger partial charge in [-0.3, -0.25) is 4.79 Å². The number of ether oxygens (including phenoxy) is 2. The second kappa shape index (κ2) is 23.3. The summed E-state index contributed by atoms with van der Waals surface area (Å²) < 4.78 is 11.0. The number of hydrogen-bond donors (Lipinski definition) is 4. The van der Waals surface area contributed by atoms with Crippen LogP contribution in [0.4, 0.5) is 5.69 Å². The first-order valence-corrected chi connectivity index (χ1v) is 18.2. The molecule has 0 amide bonds. The maximum Gasteiger partial charge on any atom is 0.157 e. The summed E-state index contributed by atoms with van der Waals surface area (Å²) in [6.07, 6.45) is 9.52. The van der Waals surface area contributed by atoms with Gasteiger partial charge in [-0.05, 0) is 101 Å². The molecule has 3 rings (SSSR count). The Hall–Kier alpha value is -3.18. The van der Waals surface area contributed by atoms with Crippen LogP contribution >= 0.6 is 0 Å². The number of phenolic OH excluding ortho intramolecular Hbond substituents is 2. The molecule has 10 heteroatoms. The first kappa shape index (κ1) is 42.0. The van der Waals surface area contributed by atoms with Gasteiger partial charge in [-0.2, -0.15) is 0 Å². The lowest BCUT2D eigenvalue weighted by atomic mass is 9.73. The molecule has 1 aliphatic heterocycles. The highest BCUT2D eigenvalue weighted by molar-refractivity contribution is 5.69. The molecular formula is C39H64N4O6. The van der Waals surface area contributed by atoms with Gasteiger partial charge in [0.15, 0.2) is 6.29 Å². The molecule has 0 spiro atoms. The first-order valence-electron chi connectivity index (χ1n) is 18.2. The van der Waals surface area contributed by atoms with Crippen LogP contribution in [0.2, 0.25) is 0 Å². The molecule has 1 saturated heterocycles. The standard InChI is InChI=1S/C20H35N3O3.C19H29NO3/c1-5-6-7-16(2)23(4)13-12-22-11-10-17-8-9-18(25)19(21-3)20(17)26-15-14-24;1-3-20-10-8-19(2,9-11-20)17-15-16(5-6-18(17)22)7-14-23-13-4-12-21/h8-9,14,16,21-22,25H,5-7,10-13,15H2,1-4H3;5-6,12,15,22H,3-4,7-11,13-14H2,1-2H3. The highest BCUT2D eigenvalue weighted by Gasteiger charge is 2.33. The van der Waals surface area contributed by atoms with Crippen LogP contribution in [0, 0.1) is 0 Å². The number of carbonyl (C=O) groups excluding carboxylic acids is 2. The molecular weight excluding hydrogens is 620 g/mol. The van der Waals surface area contributed by atoms with Crippen LogP contribution in [0.1, 0.15) is 82.9 Å². The Labute approximate surface area is 295 Å². The Morgan fingerprint density at radius 2 is 1.76 bits per heavy atom. The summed E-state index contributed by atoms with van der Waals surface area (Å²) in [6.45, 7) is 16.1. The van der Waals surface area contributed by atoms with Crippen molar-refractivity contribution in [3.63, 3.8) is 0 Å². The van der Waals surface area contributed by atoms with Crippen molar-refractivity contribution < 1.29 is 29.3 Å². The van der Waals surface area contributed by atoms with Gasteiger partial charge in [0.2, 0.25) is 0 Å². The summed E-state index contributed by atoms with van der Waals surface area (Å²) in [5.74, 6) is 1.07. The third-order valence-corrected chi connectivity index (χ3v) is 9.74. The molecule has 0 aromatic heterocycles. The topological polar surface area (TPSA) is 124 Å². The fourth-order valence-electron chi connectivity index (χ4n) is 6.16. The van der Waals surface area contributed by atoms with Crippen molar-refractivity contribution in [2.75, 3.05) is 78.5 Å². The Kier molecular flexibility index (Phi) is 19.9. The number of carbonyl (C=O) groups is 2. The lowest BCUT2D eigenvalue weighted by molar-refractivity contribution is -0.110. The molecule has 2 aromatic rings. The predicted molar refractivity (Wildman–Crippen MR) is 199 cm³/mol. The van der Waals surface area contributed by atoms with Gasteiger partial charge < -0.3 is 44.9 Å². The van der Waals surface area contributed by atoms with Gasteiger partial charge in [0.25, 0.3) is 0 Å². The summed E-state index contributed by atoms with van der Waals surface area (Å²) in [7, 11) is 3.90. The zero-order chi connectivity index (χ0) is 36.1. The summed E-state index contributed by atoms with van der Waals surface area (Å²) in [5.41, 5.74) is 3.78. The van der Waals surface area contributed by atoms with Gasteiger partial charge in [-0.1, -0.05) is 51.8 Å². The smallest absolute Gasteiger partial charge is 0.157 e. The largest absolute Gasteiger partial charge is 0.508 e. The zero-order valence-electron chi connectivity index (χ0n) is 31.1. The van der Waals surface area contributed by atoms with E-state index in [2.05, 4.69) is 61.2 Å². The summed E-state index contributed by atoms with van der Waals surface area (Å²) in [6, 6.07) is 10.0. The van der Waals surface area contributed by atoms with Crippen molar-refractivity contribution in [1.29, 1.82) is 0 Å². The van der Waals surface area contributed by atoms with E-state index >= 15 is 0 Å². The summed E-state index contributed by atoms with van der Waals surface area (Å²) in [4.78, 5) is 25.7. The SMILES string of the molecule is CCCCC(C)N(C)CCNCCc1ccc(O)c(NC)c1OCC=O.CCN1CCC(C)(c2cc(CCOCCC=O)ccc2O)CC1. The van der Waals surface area contributed by atoms with Crippen LogP contribution in [0.3, 0.4) is 0 Å². The van der Waals surface area contributed by atoms with E-state index in [0.29, 0.717) is 49.1 Å². The van der Waals surface area contributed by atoms with E-state index in [9.17, 15) is 19.8 Å². The summed E-state index contributed by atoms with van der Waals surface area (Å²) in [5, 5.41) is 26.7. The quantitative estimate of drug-likeness (QED) is 0.0712. The third-order valence-electron chi connectivity index (χ3n) is 9.74. The number of likely N-dealkylation sites (N-methyl/N-ethyl adjacent to an activating group) is 1. The molecule has 2 aromatic carbocycles. The van der Waals surface area contributed by atoms with E-state index < -0.39 is 0 Å². The molecule has 1 unspecified atom stereocenters. The molecule has 0 bridgehead atoms. The van der Waals surface area contributed by atoms with Crippen molar-refractivity contribution in [3.05, 3.63) is 47.0 Å². The molecule has 0 aliphatic carbocycles. The first-order chi connectivity index (χ1) is 23.6. The number of hydrogen-bond acceptors (Lipinski definition) is 10. The van der Waals surface area contributed by atoms with Gasteiger partial charge in [0, 0.05) is 38.2 Å². The monoisotopic (exact) mass is 684 g/mol. The number of phenols is 2. The zero-order valence-corrected chi connectivity index (χ0v) is 31.1. The van der Waals surface area contributed by atoms with E-state index in [0.717, 1.165) is 82.4 Å². The van der Waals surface area contributed by atoms with E-state index in [4.69, 9.17) is 9.47 Å². The number of benzene rings is 2. The lowest BCUT2D eigenvalue weighted by Crippen LogP contribution is -2.40. The Balaban J connectivity index is 0.000000342. The van der Waals surface area contributed by atoms with Crippen molar-refractivity contribution in [2.24, 2.45) is 0 Å². The van der Waals surface area contributed by atoms with E-state index in [1.54, 1.807) is 13.1 Å². The fourth-order valence-corrected chi connectivity index (χ4v) is 6.16. The van der Waals surface area contributed by atoms with E-state index in [1.165, 1.54) is 24.8 Å². The van der Waals surface area contributed by atoms with Gasteiger partial charge in [0.05, 0.1) is 13.2 Å². The van der Waals surface area contributed by atoms with Gasteiger partial charge >= 0.3 is 0 Å². The molecule has 10 nitrogen and oxygen atoms in total. The molecule has 4 N–H and O–H groups in total. The maximum atomic E-state index is 10.6. The number of piperidine rings is 1. The van der Waals surface area contributed by atoms with Crippen LogP contribution < -0.4 is 15.4 Å². The van der Waals surface area contributed by atoms with Crippen molar-refractivity contribution >= 4 is 18.3 Å². The van der Waals surface area contributed by atoms with Crippen LogP contribution in [-0.2, 0) is 32.6 Å².